The molecule has 1 aliphatic rings. The molecule has 0 fully saturated rings. The average Bonchev–Trinajstić information content (AvgIpc) is 2.88. The van der Waals surface area contributed by atoms with Crippen LogP contribution in [0.2, 0.25) is 0 Å². The average molecular weight is 265 g/mol. The van der Waals surface area contributed by atoms with Crippen LogP contribution in [0.15, 0.2) is 29.7 Å². The van der Waals surface area contributed by atoms with Gasteiger partial charge in [0.05, 0.1) is 6.20 Å². The van der Waals surface area contributed by atoms with Gasteiger partial charge in [0.1, 0.15) is 5.65 Å². The molecule has 2 aromatic heterocycles. The highest BCUT2D eigenvalue weighted by Crippen LogP contribution is 2.29. The summed E-state index contributed by atoms with van der Waals surface area (Å²) >= 11 is 0. The zero-order chi connectivity index (χ0) is 13.9. The minimum atomic E-state index is 0.0840. The van der Waals surface area contributed by atoms with Crippen LogP contribution in [0.4, 0.5) is 0 Å². The van der Waals surface area contributed by atoms with E-state index in [0.29, 0.717) is 0 Å². The summed E-state index contributed by atoms with van der Waals surface area (Å²) < 4.78 is 3.80. The van der Waals surface area contributed by atoms with Crippen LogP contribution >= 0.6 is 0 Å². The maximum atomic E-state index is 12.8. The molecule has 4 heteroatoms. The van der Waals surface area contributed by atoms with Crippen molar-refractivity contribution in [1.29, 1.82) is 0 Å². The van der Waals surface area contributed by atoms with Crippen molar-refractivity contribution >= 4 is 27.9 Å². The Balaban J connectivity index is 2.37. The van der Waals surface area contributed by atoms with Gasteiger partial charge in [-0.1, -0.05) is 18.7 Å². The Bertz CT molecular complexity index is 930. The van der Waals surface area contributed by atoms with Crippen molar-refractivity contribution in [2.24, 2.45) is 0 Å². The Morgan fingerprint density at radius 2 is 2.15 bits per heavy atom. The van der Waals surface area contributed by atoms with Crippen LogP contribution in [0.5, 0.6) is 0 Å². The number of aromatic nitrogens is 3. The van der Waals surface area contributed by atoms with Crippen LogP contribution in [-0.2, 0) is 13.1 Å². The second-order valence-electron chi connectivity index (χ2n) is 5.40. The fraction of sp³-hybridized carbons (Fsp3) is 0.250. The molecule has 20 heavy (non-hydrogen) atoms. The Hall–Kier alpha value is -2.36. The van der Waals surface area contributed by atoms with Gasteiger partial charge in [-0.05, 0) is 30.5 Å². The third-order valence-electron chi connectivity index (χ3n) is 4.10. The molecule has 0 bridgehead atoms. The van der Waals surface area contributed by atoms with Gasteiger partial charge in [0, 0.05) is 29.2 Å². The van der Waals surface area contributed by atoms with Gasteiger partial charge >= 0.3 is 0 Å². The lowest BCUT2D eigenvalue weighted by molar-refractivity contribution is 0.485. The Morgan fingerprint density at radius 1 is 1.30 bits per heavy atom. The minimum Gasteiger partial charge on any atom is -0.292 e. The summed E-state index contributed by atoms with van der Waals surface area (Å²) in [5, 5.41) is 7.24. The molecule has 4 rings (SSSR count). The van der Waals surface area contributed by atoms with E-state index in [2.05, 4.69) is 17.7 Å². The molecule has 0 radical (unpaired) electrons. The highest BCUT2D eigenvalue weighted by atomic mass is 16.1. The first kappa shape index (κ1) is 11.5. The van der Waals surface area contributed by atoms with Crippen molar-refractivity contribution in [3.8, 4) is 0 Å². The fourth-order valence-electron chi connectivity index (χ4n) is 3.28. The normalized spacial score (nSPS) is 14.1. The van der Waals surface area contributed by atoms with Crippen LogP contribution in [0.3, 0.4) is 0 Å². The molecular weight excluding hydrogens is 250 g/mol. The third kappa shape index (κ3) is 1.31. The number of nitrogens with zero attached hydrogens (tertiary/aromatic N) is 3. The number of aryl methyl sites for hydroxylation is 3. The van der Waals surface area contributed by atoms with E-state index in [1.807, 2.05) is 34.5 Å². The number of pyridine rings is 1. The first-order valence-electron chi connectivity index (χ1n) is 6.86. The van der Waals surface area contributed by atoms with Crippen LogP contribution in [0.1, 0.15) is 17.5 Å². The molecule has 0 N–H and O–H groups in total. The number of hydrogen-bond donors (Lipinski definition) is 0. The Kier molecular flexibility index (Phi) is 2.19. The van der Waals surface area contributed by atoms with Crippen LogP contribution < -0.4 is 5.56 Å². The van der Waals surface area contributed by atoms with Gasteiger partial charge in [-0.2, -0.15) is 5.10 Å². The smallest absolute Gasteiger partial charge is 0.260 e. The topological polar surface area (TPSA) is 39.8 Å². The maximum Gasteiger partial charge on any atom is 0.260 e. The van der Waals surface area contributed by atoms with Gasteiger partial charge in [-0.25, -0.2) is 4.68 Å². The summed E-state index contributed by atoms with van der Waals surface area (Å²) in [6.07, 6.45) is 4.65. The predicted molar refractivity (Wildman–Crippen MR) is 80.9 cm³/mol. The number of rotatable bonds is 1. The van der Waals surface area contributed by atoms with E-state index in [0.717, 1.165) is 52.4 Å². The highest BCUT2D eigenvalue weighted by molar-refractivity contribution is 6.08. The van der Waals surface area contributed by atoms with Crippen molar-refractivity contribution in [1.82, 2.24) is 14.3 Å². The molecule has 0 saturated heterocycles. The monoisotopic (exact) mass is 265 g/mol. The number of fused-ring (bicyclic) bond motifs is 2. The molecule has 0 spiro atoms. The lowest BCUT2D eigenvalue weighted by atomic mass is 10.00. The van der Waals surface area contributed by atoms with E-state index < -0.39 is 0 Å². The number of benzene rings is 1. The summed E-state index contributed by atoms with van der Waals surface area (Å²) in [5.74, 6) is 0. The van der Waals surface area contributed by atoms with Gasteiger partial charge in [0.25, 0.3) is 5.56 Å². The molecule has 0 atom stereocenters. The Morgan fingerprint density at radius 3 is 2.95 bits per heavy atom. The van der Waals surface area contributed by atoms with E-state index in [9.17, 15) is 4.79 Å². The highest BCUT2D eigenvalue weighted by Gasteiger charge is 2.19. The van der Waals surface area contributed by atoms with Gasteiger partial charge in [-0.3, -0.25) is 9.36 Å². The first-order chi connectivity index (χ1) is 9.70. The van der Waals surface area contributed by atoms with E-state index in [-0.39, 0.29) is 5.56 Å². The van der Waals surface area contributed by atoms with Gasteiger partial charge in [0.2, 0.25) is 0 Å². The SMILES string of the molecule is C=Cc1cc(C)cc2c(=O)n3c4c(cnn4CCC3)c12. The minimum absolute atomic E-state index is 0.0840. The van der Waals surface area contributed by atoms with E-state index in [1.54, 1.807) is 0 Å². The molecule has 0 unspecified atom stereocenters. The molecule has 4 nitrogen and oxygen atoms in total. The van der Waals surface area contributed by atoms with E-state index >= 15 is 0 Å². The largest absolute Gasteiger partial charge is 0.292 e. The first-order valence-corrected chi connectivity index (χ1v) is 6.86. The molecule has 0 aliphatic carbocycles. The van der Waals surface area contributed by atoms with Crippen molar-refractivity contribution in [2.45, 2.75) is 26.4 Å². The summed E-state index contributed by atoms with van der Waals surface area (Å²) in [7, 11) is 0. The fourth-order valence-corrected chi connectivity index (χ4v) is 3.28. The summed E-state index contributed by atoms with van der Waals surface area (Å²) in [6.45, 7) is 7.55. The zero-order valence-corrected chi connectivity index (χ0v) is 11.4. The maximum absolute atomic E-state index is 12.8. The molecule has 0 amide bonds. The third-order valence-corrected chi connectivity index (χ3v) is 4.10. The second-order valence-corrected chi connectivity index (χ2v) is 5.40. The molecule has 1 aromatic carbocycles. The summed E-state index contributed by atoms with van der Waals surface area (Å²) in [4.78, 5) is 12.8. The molecule has 1 aliphatic heterocycles. The van der Waals surface area contributed by atoms with Gasteiger partial charge in [-0.15, -0.1) is 0 Å². The van der Waals surface area contributed by atoms with Crippen molar-refractivity contribution in [3.63, 3.8) is 0 Å². The second kappa shape index (κ2) is 3.82. The van der Waals surface area contributed by atoms with Crippen molar-refractivity contribution < 1.29 is 0 Å². The zero-order valence-electron chi connectivity index (χ0n) is 11.4. The molecule has 3 aromatic rings. The Labute approximate surface area is 115 Å². The van der Waals surface area contributed by atoms with E-state index in [4.69, 9.17) is 0 Å². The molecule has 0 saturated carbocycles. The molecule has 100 valence electrons. The lowest BCUT2D eigenvalue weighted by Crippen LogP contribution is -2.27. The van der Waals surface area contributed by atoms with Crippen molar-refractivity contribution in [3.05, 3.63) is 46.4 Å². The van der Waals surface area contributed by atoms with Crippen LogP contribution in [0, 0.1) is 6.92 Å². The lowest BCUT2D eigenvalue weighted by Gasteiger charge is -2.18. The number of hydrogen-bond acceptors (Lipinski definition) is 2. The van der Waals surface area contributed by atoms with Crippen LogP contribution in [-0.4, -0.2) is 14.3 Å². The summed E-state index contributed by atoms with van der Waals surface area (Å²) in [5.41, 5.74) is 3.12. The summed E-state index contributed by atoms with van der Waals surface area (Å²) in [6, 6.07) is 4.04. The van der Waals surface area contributed by atoms with Gasteiger partial charge < -0.3 is 0 Å². The standard InChI is InChI=1S/C16H15N3O/c1-3-11-7-10(2)8-12-14(11)13-9-17-19-6-4-5-18(15(13)19)16(12)20/h3,7-9H,1,4-6H2,2H3. The molecular formula is C16H15N3O. The molecule has 3 heterocycles. The van der Waals surface area contributed by atoms with Gasteiger partial charge in [0.15, 0.2) is 0 Å². The van der Waals surface area contributed by atoms with E-state index in [1.165, 1.54) is 0 Å². The predicted octanol–water partition coefficient (Wildman–Crippen LogP) is 2.71. The quantitative estimate of drug-likeness (QED) is 0.678. The van der Waals surface area contributed by atoms with Crippen molar-refractivity contribution in [2.75, 3.05) is 0 Å². The van der Waals surface area contributed by atoms with Crippen LogP contribution in [0.25, 0.3) is 27.9 Å².